The van der Waals surface area contributed by atoms with Crippen molar-refractivity contribution < 1.29 is 18.7 Å². The standard InChI is InChI=1S/C9H10ClNO4/c1-2-14-8(12)5-11-9(13)6-3-4-7(10)15-6/h3-4H,2,5H2,1H3,(H,11,13). The molecular formula is C9H10ClNO4. The first kappa shape index (κ1) is 11.6. The van der Waals surface area contributed by atoms with Crippen molar-refractivity contribution in [1.29, 1.82) is 0 Å². The second-order valence-electron chi connectivity index (χ2n) is 2.59. The first-order valence-corrected chi connectivity index (χ1v) is 4.70. The monoisotopic (exact) mass is 231 g/mol. The number of rotatable bonds is 4. The van der Waals surface area contributed by atoms with E-state index in [1.54, 1.807) is 6.92 Å². The zero-order valence-electron chi connectivity index (χ0n) is 8.08. The number of ether oxygens (including phenoxy) is 1. The van der Waals surface area contributed by atoms with Crippen LogP contribution in [-0.4, -0.2) is 25.0 Å². The van der Waals surface area contributed by atoms with Gasteiger partial charge in [0.25, 0.3) is 5.91 Å². The predicted octanol–water partition coefficient (Wildman–Crippen LogP) is 1.23. The highest BCUT2D eigenvalue weighted by Gasteiger charge is 2.11. The fourth-order valence-electron chi connectivity index (χ4n) is 0.888. The summed E-state index contributed by atoms with van der Waals surface area (Å²) in [6, 6.07) is 2.86. The van der Waals surface area contributed by atoms with Crippen molar-refractivity contribution >= 4 is 23.5 Å². The number of halogens is 1. The third-order valence-corrected chi connectivity index (χ3v) is 1.70. The second kappa shape index (κ2) is 5.41. The Bertz CT molecular complexity index is 361. The number of amides is 1. The van der Waals surface area contributed by atoms with Gasteiger partial charge in [-0.15, -0.1) is 0 Å². The molecule has 0 fully saturated rings. The van der Waals surface area contributed by atoms with Gasteiger partial charge in [0.15, 0.2) is 11.0 Å². The number of nitrogens with one attached hydrogen (secondary N) is 1. The van der Waals surface area contributed by atoms with Crippen LogP contribution in [0.4, 0.5) is 0 Å². The molecule has 1 rings (SSSR count). The molecule has 0 radical (unpaired) electrons. The molecule has 0 aliphatic rings. The molecule has 0 saturated heterocycles. The van der Waals surface area contributed by atoms with E-state index in [4.69, 9.17) is 16.0 Å². The van der Waals surface area contributed by atoms with E-state index in [-0.39, 0.29) is 24.1 Å². The van der Waals surface area contributed by atoms with Gasteiger partial charge in [-0.25, -0.2) is 0 Å². The van der Waals surface area contributed by atoms with Crippen LogP contribution in [0, 0.1) is 0 Å². The fourth-order valence-corrected chi connectivity index (χ4v) is 1.03. The molecule has 1 aromatic heterocycles. The summed E-state index contributed by atoms with van der Waals surface area (Å²) in [5.74, 6) is -0.942. The average Bonchev–Trinajstić information content (AvgIpc) is 2.62. The Kier molecular flexibility index (Phi) is 4.17. The van der Waals surface area contributed by atoms with E-state index in [2.05, 4.69) is 10.1 Å². The van der Waals surface area contributed by atoms with Crippen molar-refractivity contribution in [3.63, 3.8) is 0 Å². The van der Waals surface area contributed by atoms with E-state index in [1.807, 2.05) is 0 Å². The lowest BCUT2D eigenvalue weighted by atomic mass is 10.4. The summed E-state index contributed by atoms with van der Waals surface area (Å²) >= 11 is 5.48. The van der Waals surface area contributed by atoms with Crippen molar-refractivity contribution in [1.82, 2.24) is 5.32 Å². The van der Waals surface area contributed by atoms with Crippen LogP contribution in [0.2, 0.25) is 5.22 Å². The smallest absolute Gasteiger partial charge is 0.325 e. The molecule has 1 N–H and O–H groups in total. The van der Waals surface area contributed by atoms with E-state index in [9.17, 15) is 9.59 Å². The average molecular weight is 232 g/mol. The summed E-state index contributed by atoms with van der Waals surface area (Å²) in [6.07, 6.45) is 0. The Labute approximate surface area is 91.3 Å². The number of carbonyl (C=O) groups excluding carboxylic acids is 2. The molecule has 6 heteroatoms. The minimum Gasteiger partial charge on any atom is -0.465 e. The van der Waals surface area contributed by atoms with E-state index in [0.717, 1.165) is 0 Å². The maximum Gasteiger partial charge on any atom is 0.325 e. The van der Waals surface area contributed by atoms with Crippen LogP contribution in [0.5, 0.6) is 0 Å². The molecular weight excluding hydrogens is 222 g/mol. The topological polar surface area (TPSA) is 68.5 Å². The molecule has 1 aromatic rings. The van der Waals surface area contributed by atoms with Crippen LogP contribution < -0.4 is 5.32 Å². The van der Waals surface area contributed by atoms with Crippen LogP contribution in [0.3, 0.4) is 0 Å². The minimum atomic E-state index is -0.505. The van der Waals surface area contributed by atoms with Gasteiger partial charge in [-0.3, -0.25) is 9.59 Å². The largest absolute Gasteiger partial charge is 0.465 e. The highest BCUT2D eigenvalue weighted by Crippen LogP contribution is 2.12. The number of hydrogen-bond acceptors (Lipinski definition) is 4. The van der Waals surface area contributed by atoms with E-state index >= 15 is 0 Å². The van der Waals surface area contributed by atoms with E-state index in [0.29, 0.717) is 0 Å². The molecule has 0 saturated carbocycles. The summed E-state index contributed by atoms with van der Waals surface area (Å²) in [7, 11) is 0. The van der Waals surface area contributed by atoms with Gasteiger partial charge in [0, 0.05) is 0 Å². The highest BCUT2D eigenvalue weighted by molar-refractivity contribution is 6.29. The van der Waals surface area contributed by atoms with Gasteiger partial charge in [-0.05, 0) is 30.7 Å². The maximum absolute atomic E-state index is 11.3. The molecule has 0 aliphatic heterocycles. The molecule has 15 heavy (non-hydrogen) atoms. The first-order valence-electron chi connectivity index (χ1n) is 4.32. The van der Waals surface area contributed by atoms with Gasteiger partial charge in [0.05, 0.1) is 6.61 Å². The molecule has 0 aromatic carbocycles. The molecule has 5 nitrogen and oxygen atoms in total. The predicted molar refractivity (Wildman–Crippen MR) is 52.7 cm³/mol. The summed E-state index contributed by atoms with van der Waals surface area (Å²) < 4.78 is 9.46. The second-order valence-corrected chi connectivity index (χ2v) is 2.96. The van der Waals surface area contributed by atoms with E-state index < -0.39 is 11.9 Å². The molecule has 1 heterocycles. The number of carbonyl (C=O) groups is 2. The Hall–Kier alpha value is -1.49. The van der Waals surface area contributed by atoms with Crippen molar-refractivity contribution in [2.24, 2.45) is 0 Å². The molecule has 0 bridgehead atoms. The van der Waals surface area contributed by atoms with Gasteiger partial charge in [-0.1, -0.05) is 0 Å². The number of esters is 1. The first-order chi connectivity index (χ1) is 7.13. The lowest BCUT2D eigenvalue weighted by Crippen LogP contribution is -2.30. The SMILES string of the molecule is CCOC(=O)CNC(=O)c1ccc(Cl)o1. The summed E-state index contributed by atoms with van der Waals surface area (Å²) in [4.78, 5) is 22.2. The van der Waals surface area contributed by atoms with Crippen molar-refractivity contribution in [3.05, 3.63) is 23.1 Å². The Morgan fingerprint density at radius 2 is 2.27 bits per heavy atom. The molecule has 0 aliphatic carbocycles. The van der Waals surface area contributed by atoms with Gasteiger partial charge in [0.1, 0.15) is 6.54 Å². The summed E-state index contributed by atoms with van der Waals surface area (Å²) in [6.45, 7) is 1.78. The van der Waals surface area contributed by atoms with Gasteiger partial charge >= 0.3 is 5.97 Å². The van der Waals surface area contributed by atoms with Crippen molar-refractivity contribution in [2.75, 3.05) is 13.2 Å². The van der Waals surface area contributed by atoms with Gasteiger partial charge < -0.3 is 14.5 Å². The quantitative estimate of drug-likeness (QED) is 0.792. The molecule has 0 atom stereocenters. The van der Waals surface area contributed by atoms with Gasteiger partial charge in [-0.2, -0.15) is 0 Å². The van der Waals surface area contributed by atoms with E-state index in [1.165, 1.54) is 12.1 Å². The van der Waals surface area contributed by atoms with Crippen LogP contribution in [-0.2, 0) is 9.53 Å². The number of hydrogen-bond donors (Lipinski definition) is 1. The zero-order valence-corrected chi connectivity index (χ0v) is 8.84. The lowest BCUT2D eigenvalue weighted by molar-refractivity contribution is -0.141. The molecule has 1 amide bonds. The zero-order chi connectivity index (χ0) is 11.3. The van der Waals surface area contributed by atoms with Gasteiger partial charge in [0.2, 0.25) is 0 Å². The van der Waals surface area contributed by atoms with Crippen molar-refractivity contribution in [3.8, 4) is 0 Å². The number of furan rings is 1. The maximum atomic E-state index is 11.3. The van der Waals surface area contributed by atoms with Crippen LogP contribution in [0.1, 0.15) is 17.5 Å². The molecule has 82 valence electrons. The van der Waals surface area contributed by atoms with Crippen LogP contribution in [0.25, 0.3) is 0 Å². The molecule has 0 unspecified atom stereocenters. The van der Waals surface area contributed by atoms with Crippen LogP contribution >= 0.6 is 11.6 Å². The van der Waals surface area contributed by atoms with Crippen molar-refractivity contribution in [2.45, 2.75) is 6.92 Å². The Morgan fingerprint density at radius 1 is 1.53 bits per heavy atom. The fraction of sp³-hybridized carbons (Fsp3) is 0.333. The molecule has 0 spiro atoms. The Morgan fingerprint density at radius 3 is 2.80 bits per heavy atom. The summed E-state index contributed by atoms with van der Waals surface area (Å²) in [5, 5.41) is 2.45. The normalized spacial score (nSPS) is 9.73. The lowest BCUT2D eigenvalue weighted by Gasteiger charge is -2.02. The summed E-state index contributed by atoms with van der Waals surface area (Å²) in [5.41, 5.74) is 0. The highest BCUT2D eigenvalue weighted by atomic mass is 35.5. The minimum absolute atomic E-state index is 0.0595. The van der Waals surface area contributed by atoms with Crippen LogP contribution in [0.15, 0.2) is 16.5 Å². The Balaban J connectivity index is 2.40. The third-order valence-electron chi connectivity index (χ3n) is 1.50. The third kappa shape index (κ3) is 3.63.